The fraction of sp³-hybridized carbons (Fsp3) is 0.857. The van der Waals surface area contributed by atoms with Gasteiger partial charge in [-0.05, 0) is 13.3 Å². The molecule has 0 amide bonds. The Hall–Kier alpha value is -0.290. The van der Waals surface area contributed by atoms with Gasteiger partial charge in [0.05, 0.1) is 12.4 Å². The van der Waals surface area contributed by atoms with Gasteiger partial charge >= 0.3 is 5.97 Å². The predicted octanol–water partition coefficient (Wildman–Crippen LogP) is 0.593. The smallest absolute Gasteiger partial charge is 0.321 e. The molecule has 0 N–H and O–H groups in total. The minimum atomic E-state index is -3.32. The summed E-state index contributed by atoms with van der Waals surface area (Å²) in [5.41, 5.74) is 0. The molecule has 0 radical (unpaired) electrons. The maximum absolute atomic E-state index is 11.1. The lowest BCUT2D eigenvalue weighted by atomic mass is 10.6. The van der Waals surface area contributed by atoms with Crippen molar-refractivity contribution >= 4 is 27.4 Å². The van der Waals surface area contributed by atoms with Gasteiger partial charge in [0.2, 0.25) is 0 Å². The molecule has 0 aliphatic carbocycles. The lowest BCUT2D eigenvalue weighted by Crippen LogP contribution is -2.21. The lowest BCUT2D eigenvalue weighted by molar-refractivity contribution is -0.139. The Balaban J connectivity index is 3.95. The van der Waals surface area contributed by atoms with Crippen LogP contribution < -0.4 is 0 Å². The van der Waals surface area contributed by atoms with E-state index >= 15 is 0 Å². The van der Waals surface area contributed by atoms with E-state index in [1.807, 2.05) is 0 Å². The van der Waals surface area contributed by atoms with Crippen LogP contribution in [0.3, 0.4) is 0 Å². The first-order valence-electron chi connectivity index (χ1n) is 3.94. The average Bonchev–Trinajstić information content (AvgIpc) is 2.00. The summed E-state index contributed by atoms with van der Waals surface area (Å²) in [7, 11) is -3.32. The van der Waals surface area contributed by atoms with Crippen molar-refractivity contribution in [1.82, 2.24) is 0 Å². The van der Waals surface area contributed by atoms with Gasteiger partial charge in [-0.3, -0.25) is 4.79 Å². The first-order valence-corrected chi connectivity index (χ1v) is 6.29. The van der Waals surface area contributed by atoms with E-state index < -0.39 is 21.6 Å². The third-order valence-electron chi connectivity index (χ3n) is 1.23. The molecule has 0 atom stereocenters. The zero-order valence-corrected chi connectivity index (χ0v) is 9.03. The summed E-state index contributed by atoms with van der Waals surface area (Å²) >= 11 is 5.32. The highest BCUT2D eigenvalue weighted by atomic mass is 35.5. The molecule has 6 heteroatoms. The molecule has 0 saturated carbocycles. The molecule has 0 unspecified atom stereocenters. The number of alkyl halides is 1. The summed E-state index contributed by atoms with van der Waals surface area (Å²) in [4.78, 5) is 10.8. The number of halogens is 1. The van der Waals surface area contributed by atoms with E-state index in [9.17, 15) is 13.2 Å². The van der Waals surface area contributed by atoms with Gasteiger partial charge in [0.1, 0.15) is 5.75 Å². The summed E-state index contributed by atoms with van der Waals surface area (Å²) in [5, 5.41) is 0. The van der Waals surface area contributed by atoms with Crippen LogP contribution in [0.4, 0.5) is 0 Å². The molecular weight excluding hydrogens is 216 g/mol. The zero-order valence-electron chi connectivity index (χ0n) is 7.45. The summed E-state index contributed by atoms with van der Waals surface area (Å²) in [5.74, 6) is -1.02. The molecule has 0 aliphatic rings. The number of hydrogen-bond donors (Lipinski definition) is 0. The predicted molar refractivity (Wildman–Crippen MR) is 50.6 cm³/mol. The van der Waals surface area contributed by atoms with Gasteiger partial charge in [-0.25, -0.2) is 8.42 Å². The van der Waals surface area contributed by atoms with E-state index in [0.717, 1.165) is 0 Å². The first-order chi connectivity index (χ1) is 6.02. The van der Waals surface area contributed by atoms with Gasteiger partial charge in [0.15, 0.2) is 9.84 Å². The van der Waals surface area contributed by atoms with Crippen molar-refractivity contribution in [2.45, 2.75) is 13.3 Å². The quantitative estimate of drug-likeness (QED) is 0.493. The molecule has 0 rings (SSSR count). The van der Waals surface area contributed by atoms with Crippen LogP contribution in [0.1, 0.15) is 13.3 Å². The van der Waals surface area contributed by atoms with Crippen molar-refractivity contribution < 1.29 is 17.9 Å². The van der Waals surface area contributed by atoms with E-state index in [4.69, 9.17) is 11.6 Å². The number of sulfone groups is 1. The largest absolute Gasteiger partial charge is 0.465 e. The second-order valence-corrected chi connectivity index (χ2v) is 5.00. The molecule has 4 nitrogen and oxygen atoms in total. The fourth-order valence-corrected chi connectivity index (χ4v) is 2.19. The van der Waals surface area contributed by atoms with Crippen molar-refractivity contribution in [2.75, 3.05) is 24.0 Å². The minimum Gasteiger partial charge on any atom is -0.465 e. The SMILES string of the molecule is CCOC(=O)CS(=O)(=O)CCCCl. The summed E-state index contributed by atoms with van der Waals surface area (Å²) < 4.78 is 26.7. The Labute approximate surface area is 83.1 Å². The highest BCUT2D eigenvalue weighted by molar-refractivity contribution is 7.92. The average molecular weight is 229 g/mol. The zero-order chi connectivity index (χ0) is 10.3. The first kappa shape index (κ1) is 12.7. The molecule has 0 aromatic carbocycles. The molecule has 0 fully saturated rings. The minimum absolute atomic E-state index is 0.0602. The van der Waals surface area contributed by atoms with E-state index in [1.165, 1.54) is 0 Å². The van der Waals surface area contributed by atoms with Gasteiger partial charge in [-0.2, -0.15) is 0 Å². The lowest BCUT2D eigenvalue weighted by Gasteiger charge is -2.02. The molecular formula is C7H13ClO4S. The van der Waals surface area contributed by atoms with Crippen molar-refractivity contribution in [2.24, 2.45) is 0 Å². The Bertz CT molecular complexity index is 247. The van der Waals surface area contributed by atoms with Gasteiger partial charge in [-0.1, -0.05) is 0 Å². The standard InChI is InChI=1S/C7H13ClO4S/c1-2-12-7(9)6-13(10,11)5-3-4-8/h2-6H2,1H3. The second kappa shape index (κ2) is 6.21. The van der Waals surface area contributed by atoms with Crippen LogP contribution in [-0.4, -0.2) is 38.4 Å². The molecule has 13 heavy (non-hydrogen) atoms. The Kier molecular flexibility index (Phi) is 6.07. The van der Waals surface area contributed by atoms with E-state index in [0.29, 0.717) is 6.42 Å². The van der Waals surface area contributed by atoms with Crippen molar-refractivity contribution in [3.8, 4) is 0 Å². The summed E-state index contributed by atoms with van der Waals surface area (Å²) in [6.07, 6.45) is 0.364. The van der Waals surface area contributed by atoms with Crippen molar-refractivity contribution in [3.05, 3.63) is 0 Å². The van der Waals surface area contributed by atoms with Crippen molar-refractivity contribution in [1.29, 1.82) is 0 Å². The van der Waals surface area contributed by atoms with Crippen LogP contribution in [-0.2, 0) is 19.4 Å². The Morgan fingerprint density at radius 1 is 1.46 bits per heavy atom. The second-order valence-electron chi connectivity index (χ2n) is 2.44. The van der Waals surface area contributed by atoms with Crippen LogP contribution in [0.5, 0.6) is 0 Å². The molecule has 0 heterocycles. The normalized spacial score (nSPS) is 11.2. The maximum atomic E-state index is 11.1. The molecule has 0 bridgehead atoms. The summed E-state index contributed by atoms with van der Waals surface area (Å²) in [6, 6.07) is 0. The maximum Gasteiger partial charge on any atom is 0.321 e. The van der Waals surface area contributed by atoms with Crippen LogP contribution in [0.2, 0.25) is 0 Å². The van der Waals surface area contributed by atoms with Gasteiger partial charge in [-0.15, -0.1) is 11.6 Å². The molecule has 0 saturated heterocycles. The number of esters is 1. The number of rotatable bonds is 6. The third kappa shape index (κ3) is 6.83. The number of ether oxygens (including phenoxy) is 1. The van der Waals surface area contributed by atoms with Crippen molar-refractivity contribution in [3.63, 3.8) is 0 Å². The van der Waals surface area contributed by atoms with Crippen LogP contribution in [0.15, 0.2) is 0 Å². The highest BCUT2D eigenvalue weighted by Gasteiger charge is 2.16. The third-order valence-corrected chi connectivity index (χ3v) is 3.09. The van der Waals surface area contributed by atoms with Gasteiger partial charge in [0.25, 0.3) is 0 Å². The topological polar surface area (TPSA) is 60.4 Å². The van der Waals surface area contributed by atoms with Crippen LogP contribution >= 0.6 is 11.6 Å². The fourth-order valence-electron chi connectivity index (χ4n) is 0.729. The Morgan fingerprint density at radius 3 is 2.54 bits per heavy atom. The number of carbonyl (C=O) groups is 1. The van der Waals surface area contributed by atoms with Gasteiger partial charge in [0, 0.05) is 5.88 Å². The number of carbonyl (C=O) groups excluding carboxylic acids is 1. The molecule has 0 spiro atoms. The summed E-state index contributed by atoms with van der Waals surface area (Å²) in [6.45, 7) is 1.83. The monoisotopic (exact) mass is 228 g/mol. The molecule has 0 aromatic heterocycles. The van der Waals surface area contributed by atoms with Gasteiger partial charge < -0.3 is 4.74 Å². The molecule has 78 valence electrons. The highest BCUT2D eigenvalue weighted by Crippen LogP contribution is 1.97. The van der Waals surface area contributed by atoms with E-state index in [-0.39, 0.29) is 18.2 Å². The Morgan fingerprint density at radius 2 is 2.08 bits per heavy atom. The molecule has 0 aromatic rings. The van der Waals surface area contributed by atoms with E-state index in [1.54, 1.807) is 6.92 Å². The number of hydrogen-bond acceptors (Lipinski definition) is 4. The van der Waals surface area contributed by atoms with E-state index in [2.05, 4.69) is 4.74 Å². The van der Waals surface area contributed by atoms with Crippen LogP contribution in [0.25, 0.3) is 0 Å². The molecule has 0 aliphatic heterocycles. The van der Waals surface area contributed by atoms with Crippen LogP contribution in [0, 0.1) is 0 Å².